The van der Waals surface area contributed by atoms with Crippen LogP contribution in [0.2, 0.25) is 0 Å². The second kappa shape index (κ2) is 6.66. The van der Waals surface area contributed by atoms with Gasteiger partial charge in [-0.25, -0.2) is 4.68 Å². The fourth-order valence-corrected chi connectivity index (χ4v) is 3.85. The van der Waals surface area contributed by atoms with E-state index < -0.39 is 5.91 Å². The highest BCUT2D eigenvalue weighted by atomic mass is 32.1. The topological polar surface area (TPSA) is 73.3 Å². The third kappa shape index (κ3) is 3.69. The highest BCUT2D eigenvalue weighted by Gasteiger charge is 2.17. The van der Waals surface area contributed by atoms with Crippen molar-refractivity contribution in [2.45, 2.75) is 38.6 Å². The molecule has 0 spiro atoms. The van der Waals surface area contributed by atoms with Crippen molar-refractivity contribution in [1.82, 2.24) is 9.78 Å². The molecule has 2 N–H and O–H groups in total. The summed E-state index contributed by atoms with van der Waals surface area (Å²) >= 11 is 1.59. The van der Waals surface area contributed by atoms with Gasteiger partial charge in [0.25, 0.3) is 0 Å². The quantitative estimate of drug-likeness (QED) is 0.939. The van der Waals surface area contributed by atoms with Crippen LogP contribution in [0.5, 0.6) is 0 Å². The number of aromatic nitrogens is 2. The van der Waals surface area contributed by atoms with Crippen LogP contribution in [0.15, 0.2) is 29.3 Å². The van der Waals surface area contributed by atoms with Gasteiger partial charge in [-0.05, 0) is 43.7 Å². The lowest BCUT2D eigenvalue weighted by Crippen LogP contribution is -2.21. The first-order chi connectivity index (χ1) is 11.0. The zero-order chi connectivity index (χ0) is 16.4. The van der Waals surface area contributed by atoms with Gasteiger partial charge in [0.1, 0.15) is 5.01 Å². The SMILES string of the molecule is Cn1nc(-c2ccc(C(N)=O)cc2)sc1=N[C@H]1CC[C@H](C)CC1. The second-order valence-corrected chi connectivity index (χ2v) is 7.25. The molecule has 0 unspecified atom stereocenters. The van der Waals surface area contributed by atoms with Crippen molar-refractivity contribution in [3.8, 4) is 10.6 Å². The maximum absolute atomic E-state index is 11.1. The van der Waals surface area contributed by atoms with E-state index in [4.69, 9.17) is 10.7 Å². The van der Waals surface area contributed by atoms with Crippen LogP contribution >= 0.6 is 11.3 Å². The number of carbonyl (C=O) groups is 1. The van der Waals surface area contributed by atoms with Crippen molar-refractivity contribution in [3.63, 3.8) is 0 Å². The molecule has 2 aromatic rings. The Morgan fingerprint density at radius 3 is 2.52 bits per heavy atom. The Balaban J connectivity index is 1.84. The number of aryl methyl sites for hydroxylation is 1. The van der Waals surface area contributed by atoms with Gasteiger partial charge < -0.3 is 5.73 Å². The third-order valence-electron chi connectivity index (χ3n) is 4.40. The Labute approximate surface area is 139 Å². The molecule has 1 fully saturated rings. The Morgan fingerprint density at radius 1 is 1.26 bits per heavy atom. The van der Waals surface area contributed by atoms with Gasteiger partial charge in [0.05, 0.1) is 6.04 Å². The number of carbonyl (C=O) groups excluding carboxylic acids is 1. The summed E-state index contributed by atoms with van der Waals surface area (Å²) in [7, 11) is 1.93. The van der Waals surface area contributed by atoms with Crippen molar-refractivity contribution >= 4 is 17.2 Å². The predicted octanol–water partition coefficient (Wildman–Crippen LogP) is 2.73. The van der Waals surface area contributed by atoms with Crippen molar-refractivity contribution in [2.75, 3.05) is 0 Å². The first kappa shape index (κ1) is 15.9. The van der Waals surface area contributed by atoms with E-state index in [1.54, 1.807) is 23.5 Å². The molecule has 1 saturated carbocycles. The molecule has 1 aromatic heterocycles. The number of amides is 1. The minimum absolute atomic E-state index is 0.413. The lowest BCUT2D eigenvalue weighted by Gasteiger charge is -2.22. The maximum Gasteiger partial charge on any atom is 0.248 e. The monoisotopic (exact) mass is 330 g/mol. The summed E-state index contributed by atoms with van der Waals surface area (Å²) in [4.78, 5) is 17.0. The van der Waals surface area contributed by atoms with Gasteiger partial charge >= 0.3 is 0 Å². The van der Waals surface area contributed by atoms with Crippen LogP contribution in [0.25, 0.3) is 10.6 Å². The molecule has 1 aliphatic carbocycles. The van der Waals surface area contributed by atoms with E-state index in [1.807, 2.05) is 23.9 Å². The van der Waals surface area contributed by atoms with Crippen molar-refractivity contribution < 1.29 is 4.79 Å². The van der Waals surface area contributed by atoms with Crippen LogP contribution in [0, 0.1) is 5.92 Å². The molecule has 1 aliphatic rings. The van der Waals surface area contributed by atoms with E-state index in [1.165, 1.54) is 25.7 Å². The van der Waals surface area contributed by atoms with Gasteiger partial charge in [0.15, 0.2) is 0 Å². The number of benzene rings is 1. The molecule has 0 bridgehead atoms. The third-order valence-corrected chi connectivity index (χ3v) is 5.46. The summed E-state index contributed by atoms with van der Waals surface area (Å²) in [6.45, 7) is 2.32. The predicted molar refractivity (Wildman–Crippen MR) is 92.0 cm³/mol. The van der Waals surface area contributed by atoms with Crippen LogP contribution in [0.3, 0.4) is 0 Å². The number of nitrogens with two attached hydrogens (primary N) is 1. The molecule has 1 amide bonds. The van der Waals surface area contributed by atoms with E-state index in [0.717, 1.165) is 21.3 Å². The molecule has 122 valence electrons. The summed E-state index contributed by atoms with van der Waals surface area (Å²) in [6.07, 6.45) is 4.86. The normalized spacial score (nSPS) is 22.3. The molecule has 0 aliphatic heterocycles. The Bertz CT molecular complexity index is 752. The lowest BCUT2D eigenvalue weighted by atomic mass is 9.88. The molecule has 0 atom stereocenters. The van der Waals surface area contributed by atoms with E-state index in [-0.39, 0.29) is 0 Å². The number of rotatable bonds is 3. The molecular formula is C17H22N4OS. The fraction of sp³-hybridized carbons (Fsp3) is 0.471. The largest absolute Gasteiger partial charge is 0.366 e. The van der Waals surface area contributed by atoms with Crippen LogP contribution in [-0.4, -0.2) is 21.7 Å². The van der Waals surface area contributed by atoms with E-state index in [0.29, 0.717) is 11.6 Å². The summed E-state index contributed by atoms with van der Waals surface area (Å²) in [5, 5.41) is 5.47. The zero-order valence-electron chi connectivity index (χ0n) is 13.5. The van der Waals surface area contributed by atoms with Gasteiger partial charge in [-0.2, -0.15) is 5.10 Å². The maximum atomic E-state index is 11.1. The van der Waals surface area contributed by atoms with Crippen LogP contribution in [0.1, 0.15) is 43.0 Å². The van der Waals surface area contributed by atoms with Gasteiger partial charge in [-0.15, -0.1) is 0 Å². The molecule has 1 heterocycles. The standard InChI is InChI=1S/C17H22N4OS/c1-11-3-9-14(10-4-11)19-17-21(2)20-16(23-17)13-7-5-12(6-8-13)15(18)22/h5-8,11,14H,3-4,9-10H2,1-2H3,(H2,18,22)/t11-,14-. The van der Waals surface area contributed by atoms with Gasteiger partial charge in [-0.3, -0.25) is 9.79 Å². The summed E-state index contributed by atoms with van der Waals surface area (Å²) in [5.41, 5.74) is 6.76. The first-order valence-electron chi connectivity index (χ1n) is 8.01. The van der Waals surface area contributed by atoms with Crippen molar-refractivity contribution in [2.24, 2.45) is 23.7 Å². The molecule has 6 heteroatoms. The van der Waals surface area contributed by atoms with Crippen molar-refractivity contribution in [1.29, 1.82) is 0 Å². The summed E-state index contributed by atoms with van der Waals surface area (Å²) < 4.78 is 1.85. The number of hydrogen-bond donors (Lipinski definition) is 1. The van der Waals surface area contributed by atoms with E-state index >= 15 is 0 Å². The van der Waals surface area contributed by atoms with Gasteiger partial charge in [0.2, 0.25) is 10.7 Å². The van der Waals surface area contributed by atoms with Gasteiger partial charge in [-0.1, -0.05) is 30.4 Å². The second-order valence-electron chi connectivity index (χ2n) is 6.30. The van der Waals surface area contributed by atoms with E-state index in [9.17, 15) is 4.79 Å². The van der Waals surface area contributed by atoms with Crippen molar-refractivity contribution in [3.05, 3.63) is 34.6 Å². The smallest absolute Gasteiger partial charge is 0.248 e. The number of hydrogen-bond acceptors (Lipinski definition) is 4. The van der Waals surface area contributed by atoms with E-state index in [2.05, 4.69) is 12.0 Å². The number of nitrogens with zero attached hydrogens (tertiary/aromatic N) is 3. The minimum Gasteiger partial charge on any atom is -0.366 e. The molecule has 3 rings (SSSR count). The lowest BCUT2D eigenvalue weighted by molar-refractivity contribution is 0.100. The molecule has 0 saturated heterocycles. The Morgan fingerprint density at radius 2 is 1.91 bits per heavy atom. The molecular weight excluding hydrogens is 308 g/mol. The number of primary amides is 1. The molecule has 1 aromatic carbocycles. The average molecular weight is 330 g/mol. The van der Waals surface area contributed by atoms with Crippen LogP contribution in [0.4, 0.5) is 0 Å². The highest BCUT2D eigenvalue weighted by Crippen LogP contribution is 2.25. The van der Waals surface area contributed by atoms with Gasteiger partial charge in [0, 0.05) is 18.2 Å². The Hall–Kier alpha value is -1.95. The zero-order valence-corrected chi connectivity index (χ0v) is 14.3. The van der Waals surface area contributed by atoms with Crippen LogP contribution < -0.4 is 10.5 Å². The molecule has 5 nitrogen and oxygen atoms in total. The average Bonchev–Trinajstić information content (AvgIpc) is 2.91. The molecule has 0 radical (unpaired) electrons. The molecule has 23 heavy (non-hydrogen) atoms. The van der Waals surface area contributed by atoms with Crippen LogP contribution in [-0.2, 0) is 7.05 Å². The fourth-order valence-electron chi connectivity index (χ4n) is 2.88. The first-order valence-corrected chi connectivity index (χ1v) is 8.83. The summed E-state index contributed by atoms with van der Waals surface area (Å²) in [5.74, 6) is 0.416. The highest BCUT2D eigenvalue weighted by molar-refractivity contribution is 7.12. The minimum atomic E-state index is -0.413. The summed E-state index contributed by atoms with van der Waals surface area (Å²) in [6, 6.07) is 7.65. The Kier molecular flexibility index (Phi) is 4.61.